The molecule has 0 radical (unpaired) electrons. The maximum absolute atomic E-state index is 12.7. The smallest absolute Gasteiger partial charge is 0.263 e. The van der Waals surface area contributed by atoms with Crippen LogP contribution >= 0.6 is 46.4 Å². The van der Waals surface area contributed by atoms with Crippen molar-refractivity contribution in [1.29, 1.82) is 0 Å². The highest BCUT2D eigenvalue weighted by Crippen LogP contribution is 2.38. The Labute approximate surface area is 206 Å². The minimum atomic E-state index is -4.01. The van der Waals surface area contributed by atoms with Crippen molar-refractivity contribution in [1.82, 2.24) is 0 Å². The molecule has 0 atom stereocenters. The zero-order chi connectivity index (χ0) is 23.3. The molecule has 3 rings (SSSR count). The molecule has 0 spiro atoms. The second-order valence-corrected chi connectivity index (χ2v) is 9.61. The lowest BCUT2D eigenvalue weighted by atomic mass is 10.2. The first kappa shape index (κ1) is 24.2. The van der Waals surface area contributed by atoms with Crippen LogP contribution in [0.15, 0.2) is 76.0 Å². The number of nitrogens with zero attached hydrogens (tertiary/aromatic N) is 1. The molecule has 0 amide bonds. The van der Waals surface area contributed by atoms with E-state index in [-0.39, 0.29) is 31.4 Å². The predicted octanol–water partition coefficient (Wildman–Crippen LogP) is 6.91. The molecule has 1 N–H and O–H groups in total. The quantitative estimate of drug-likeness (QED) is 0.415. The maximum atomic E-state index is 12.7. The molecule has 2 aromatic rings. The average Bonchev–Trinajstić information content (AvgIpc) is 2.71. The lowest BCUT2D eigenvalue weighted by molar-refractivity contribution is 0.454. The third-order valence-electron chi connectivity index (χ3n) is 4.00. The summed E-state index contributed by atoms with van der Waals surface area (Å²) in [5.41, 5.74) is 0.932. The molecule has 1 heterocycles. The van der Waals surface area contributed by atoms with E-state index in [1.54, 1.807) is 24.3 Å². The molecule has 0 aromatic heterocycles. The van der Waals surface area contributed by atoms with Crippen molar-refractivity contribution in [2.75, 3.05) is 4.72 Å². The van der Waals surface area contributed by atoms with Gasteiger partial charge in [0.25, 0.3) is 10.0 Å². The van der Waals surface area contributed by atoms with Crippen molar-refractivity contribution in [3.63, 3.8) is 0 Å². The van der Waals surface area contributed by atoms with Gasteiger partial charge in [0.2, 0.25) is 0 Å². The van der Waals surface area contributed by atoms with Crippen molar-refractivity contribution >= 4 is 68.3 Å². The summed E-state index contributed by atoms with van der Waals surface area (Å²) in [6, 6.07) is 6.80. The van der Waals surface area contributed by atoms with E-state index in [1.807, 2.05) is 0 Å². The number of allylic oxidation sites excluding steroid dienone is 5. The molecule has 0 unspecified atom stereocenters. The van der Waals surface area contributed by atoms with E-state index < -0.39 is 10.0 Å². The van der Waals surface area contributed by atoms with Gasteiger partial charge in [-0.1, -0.05) is 58.4 Å². The Kier molecular flexibility index (Phi) is 7.94. The number of hydrogen-bond acceptors (Lipinski definition) is 4. The van der Waals surface area contributed by atoms with Gasteiger partial charge in [0.15, 0.2) is 5.75 Å². The van der Waals surface area contributed by atoms with Crippen LogP contribution in [0.25, 0.3) is 0 Å². The Morgan fingerprint density at radius 3 is 2.41 bits per heavy atom. The summed E-state index contributed by atoms with van der Waals surface area (Å²) in [6.07, 6.45) is 14.1. The second kappa shape index (κ2) is 10.5. The first-order chi connectivity index (χ1) is 15.2. The van der Waals surface area contributed by atoms with E-state index in [4.69, 9.17) is 57.6 Å². The summed E-state index contributed by atoms with van der Waals surface area (Å²) in [5, 5.41) is 0.498. The molecule has 164 valence electrons. The van der Waals surface area contributed by atoms with E-state index in [9.17, 15) is 8.42 Å². The fourth-order valence-electron chi connectivity index (χ4n) is 2.59. The number of hydrogen-bond donors (Lipinski definition) is 1. The van der Waals surface area contributed by atoms with Gasteiger partial charge in [-0.2, -0.15) is 0 Å². The molecular formula is C22H14Cl4N2O3S. The molecular weight excluding hydrogens is 514 g/mol. The summed E-state index contributed by atoms with van der Waals surface area (Å²) in [4.78, 5) is 4.14. The number of nitrogens with one attached hydrogen (secondary N) is 1. The van der Waals surface area contributed by atoms with Crippen LogP contribution in [0.3, 0.4) is 0 Å². The standard InChI is InChI=1S/C22H14Cl4N2O3S/c1-2-3-4-5-15-7-8-17(13-27-15)31-22-19(25)11-16(12-20(22)26)28-32(29,30)21-9-6-14(23)10-18(21)24/h1,3-6,8-13,28H,7H2/b4-3-,15-5+. The Morgan fingerprint density at radius 1 is 1.09 bits per heavy atom. The fraction of sp³-hybridized carbons (Fsp3) is 0.0455. The maximum Gasteiger partial charge on any atom is 0.263 e. The summed E-state index contributed by atoms with van der Waals surface area (Å²) in [5.74, 6) is 3.00. The van der Waals surface area contributed by atoms with Crippen molar-refractivity contribution in [2.45, 2.75) is 11.3 Å². The fourth-order valence-corrected chi connectivity index (χ4v) is 4.97. The van der Waals surface area contributed by atoms with Gasteiger partial charge in [0.05, 0.1) is 27.0 Å². The van der Waals surface area contributed by atoms with Gasteiger partial charge < -0.3 is 4.74 Å². The first-order valence-corrected chi connectivity index (χ1v) is 11.9. The van der Waals surface area contributed by atoms with E-state index in [2.05, 4.69) is 15.6 Å². The lowest BCUT2D eigenvalue weighted by Gasteiger charge is -2.15. The lowest BCUT2D eigenvalue weighted by Crippen LogP contribution is -2.13. The van der Waals surface area contributed by atoms with Crippen LogP contribution in [0.4, 0.5) is 5.69 Å². The van der Waals surface area contributed by atoms with Gasteiger partial charge in [-0.05, 0) is 48.6 Å². The molecule has 10 heteroatoms. The van der Waals surface area contributed by atoms with E-state index >= 15 is 0 Å². The second-order valence-electron chi connectivity index (χ2n) is 6.30. The number of terminal acetylenes is 1. The van der Waals surface area contributed by atoms with Gasteiger partial charge >= 0.3 is 0 Å². The molecule has 32 heavy (non-hydrogen) atoms. The number of dihydropyridines is 1. The topological polar surface area (TPSA) is 67.8 Å². The van der Waals surface area contributed by atoms with Gasteiger partial charge in [-0.25, -0.2) is 8.42 Å². The normalized spacial score (nSPS) is 15.0. The molecule has 1 aliphatic heterocycles. The van der Waals surface area contributed by atoms with Crippen LogP contribution < -0.4 is 9.46 Å². The van der Waals surface area contributed by atoms with Crippen LogP contribution in [-0.4, -0.2) is 14.6 Å². The highest BCUT2D eigenvalue weighted by molar-refractivity contribution is 7.92. The van der Waals surface area contributed by atoms with Crippen LogP contribution in [0.5, 0.6) is 5.75 Å². The Hall–Kier alpha value is -2.40. The van der Waals surface area contributed by atoms with E-state index in [0.717, 1.165) is 5.70 Å². The van der Waals surface area contributed by atoms with Gasteiger partial charge in [-0.15, -0.1) is 6.42 Å². The third kappa shape index (κ3) is 6.10. The number of ether oxygens (including phenoxy) is 1. The number of halogens is 4. The molecule has 0 saturated heterocycles. The number of rotatable bonds is 6. The zero-order valence-corrected chi connectivity index (χ0v) is 20.0. The molecule has 2 aromatic carbocycles. The Morgan fingerprint density at radius 2 is 1.81 bits per heavy atom. The number of aliphatic imine (C=N–C) groups is 1. The predicted molar refractivity (Wildman–Crippen MR) is 132 cm³/mol. The monoisotopic (exact) mass is 526 g/mol. The van der Waals surface area contributed by atoms with Gasteiger partial charge in [0, 0.05) is 17.1 Å². The number of benzene rings is 2. The van der Waals surface area contributed by atoms with Crippen molar-refractivity contribution in [3.05, 3.63) is 86.2 Å². The Bertz CT molecular complexity index is 1300. The summed E-state index contributed by atoms with van der Waals surface area (Å²) >= 11 is 24.4. The third-order valence-corrected chi connectivity index (χ3v) is 6.67. The van der Waals surface area contributed by atoms with Crippen molar-refractivity contribution in [3.8, 4) is 18.1 Å². The summed E-state index contributed by atoms with van der Waals surface area (Å²) in [7, 11) is -4.01. The van der Waals surface area contributed by atoms with E-state index in [1.165, 1.54) is 36.5 Å². The van der Waals surface area contributed by atoms with Gasteiger partial charge in [0.1, 0.15) is 10.7 Å². The summed E-state index contributed by atoms with van der Waals surface area (Å²) in [6.45, 7) is 0. The summed E-state index contributed by atoms with van der Waals surface area (Å²) < 4.78 is 33.5. The number of anilines is 1. The highest BCUT2D eigenvalue weighted by atomic mass is 35.5. The van der Waals surface area contributed by atoms with E-state index in [0.29, 0.717) is 17.2 Å². The van der Waals surface area contributed by atoms with Crippen molar-refractivity contribution < 1.29 is 13.2 Å². The Balaban J connectivity index is 1.77. The van der Waals surface area contributed by atoms with Crippen LogP contribution in [0.2, 0.25) is 20.1 Å². The van der Waals surface area contributed by atoms with Crippen LogP contribution in [-0.2, 0) is 10.0 Å². The highest BCUT2D eigenvalue weighted by Gasteiger charge is 2.20. The molecule has 0 saturated carbocycles. The minimum Gasteiger partial charge on any atom is -0.453 e. The molecule has 5 nitrogen and oxygen atoms in total. The van der Waals surface area contributed by atoms with Crippen LogP contribution in [0, 0.1) is 12.3 Å². The molecule has 0 fully saturated rings. The first-order valence-electron chi connectivity index (χ1n) is 8.90. The van der Waals surface area contributed by atoms with Crippen molar-refractivity contribution in [2.24, 2.45) is 4.99 Å². The molecule has 1 aliphatic rings. The molecule has 0 bridgehead atoms. The average molecular weight is 528 g/mol. The largest absolute Gasteiger partial charge is 0.453 e. The number of sulfonamides is 1. The SMILES string of the molecule is C#C/C=C\C=C1/CC=C(Oc2c(Cl)cc(NS(=O)(=O)c3ccc(Cl)cc3Cl)cc2Cl)C=N1. The van der Waals surface area contributed by atoms with Gasteiger partial charge in [-0.3, -0.25) is 9.71 Å². The molecule has 0 aliphatic carbocycles. The minimum absolute atomic E-state index is 0.0196. The zero-order valence-electron chi connectivity index (χ0n) is 16.2. The van der Waals surface area contributed by atoms with Crippen LogP contribution in [0.1, 0.15) is 6.42 Å².